The maximum absolute atomic E-state index is 2.34. The molecule has 0 spiro atoms. The Morgan fingerprint density at radius 1 is 1.25 bits per heavy atom. The van der Waals surface area contributed by atoms with Gasteiger partial charge in [0.25, 0.3) is 0 Å². The van der Waals surface area contributed by atoms with Crippen LogP contribution in [0.3, 0.4) is 0 Å². The fraction of sp³-hybridized carbons (Fsp3) is 0.400. The summed E-state index contributed by atoms with van der Waals surface area (Å²) in [5.41, 5.74) is 4.41. The highest BCUT2D eigenvalue weighted by Gasteiger charge is 1.95. The van der Waals surface area contributed by atoms with Gasteiger partial charge in [-0.2, -0.15) is 11.8 Å². The molecule has 0 aromatic heterocycles. The van der Waals surface area contributed by atoms with Crippen molar-refractivity contribution in [1.29, 1.82) is 0 Å². The smallest absolute Gasteiger partial charge is 0.0181 e. The number of benzene rings is 1. The monoisotopic (exact) mass is 196 g/mol. The summed E-state index contributed by atoms with van der Waals surface area (Å²) in [5, 5.41) is 0. The zero-order valence-corrected chi connectivity index (χ0v) is 10.9. The van der Waals surface area contributed by atoms with Gasteiger partial charge in [-0.15, -0.1) is 0 Å². The van der Waals surface area contributed by atoms with Gasteiger partial charge in [0.2, 0.25) is 0 Å². The molecule has 0 bridgehead atoms. The second-order valence-corrected chi connectivity index (χ2v) is 4.69. The number of aryl methyl sites for hydroxylation is 1. The van der Waals surface area contributed by atoms with E-state index < -0.39 is 0 Å². The van der Waals surface area contributed by atoms with Crippen LogP contribution in [0.2, 0.25) is 0 Å². The van der Waals surface area contributed by atoms with Crippen molar-refractivity contribution >= 4 is 22.0 Å². The van der Waals surface area contributed by atoms with Gasteiger partial charge in [0.05, 0.1) is 0 Å². The van der Waals surface area contributed by atoms with Crippen molar-refractivity contribution in [3.63, 3.8) is 0 Å². The van der Waals surface area contributed by atoms with Crippen molar-refractivity contribution in [1.82, 2.24) is 0 Å². The van der Waals surface area contributed by atoms with Crippen LogP contribution < -0.4 is 0 Å². The zero-order chi connectivity index (χ0) is 8.97. The first-order valence-electron chi connectivity index (χ1n) is 4.34. The Balaban J connectivity index is 2.90. The lowest BCUT2D eigenvalue weighted by molar-refractivity contribution is 1.28. The highest BCUT2D eigenvalue weighted by molar-refractivity contribution is 7.97. The maximum atomic E-state index is 2.34. The van der Waals surface area contributed by atoms with Gasteiger partial charge in [0.1, 0.15) is 0 Å². The first-order chi connectivity index (χ1) is 5.76. The number of thioether (sulfide) groups is 1. The summed E-state index contributed by atoms with van der Waals surface area (Å²) in [5.74, 6) is 1.15. The summed E-state index contributed by atoms with van der Waals surface area (Å²) < 4.78 is 0. The SMILES string of the molecule is CSCc1cc(C)cc(C[SiH3])c1. The molecule has 2 heteroatoms. The van der Waals surface area contributed by atoms with Gasteiger partial charge in [-0.1, -0.05) is 29.3 Å². The van der Waals surface area contributed by atoms with Gasteiger partial charge < -0.3 is 0 Å². The third-order valence-corrected chi connectivity index (χ3v) is 3.35. The summed E-state index contributed by atoms with van der Waals surface area (Å²) in [4.78, 5) is 0. The average molecular weight is 196 g/mol. The number of hydrogen-bond acceptors (Lipinski definition) is 1. The molecule has 0 amide bonds. The van der Waals surface area contributed by atoms with Gasteiger partial charge in [-0.05, 0) is 24.8 Å². The van der Waals surface area contributed by atoms with Crippen molar-refractivity contribution in [3.05, 3.63) is 34.9 Å². The summed E-state index contributed by atoms with van der Waals surface area (Å²) in [7, 11) is 1.27. The number of rotatable bonds is 3. The van der Waals surface area contributed by atoms with E-state index in [9.17, 15) is 0 Å². The Bertz CT molecular complexity index is 258. The topological polar surface area (TPSA) is 0 Å². The second kappa shape index (κ2) is 4.73. The molecule has 0 saturated heterocycles. The van der Waals surface area contributed by atoms with E-state index in [0.29, 0.717) is 0 Å². The third-order valence-electron chi connectivity index (χ3n) is 1.92. The van der Waals surface area contributed by atoms with Crippen LogP contribution in [0, 0.1) is 6.92 Å². The molecule has 0 fully saturated rings. The fourth-order valence-corrected chi connectivity index (χ4v) is 2.31. The van der Waals surface area contributed by atoms with E-state index in [4.69, 9.17) is 0 Å². The quantitative estimate of drug-likeness (QED) is 0.664. The molecule has 0 aliphatic carbocycles. The molecule has 0 N–H and O–H groups in total. The van der Waals surface area contributed by atoms with E-state index in [1.165, 1.54) is 33.0 Å². The molecule has 12 heavy (non-hydrogen) atoms. The van der Waals surface area contributed by atoms with Crippen molar-refractivity contribution in [2.24, 2.45) is 0 Å². The van der Waals surface area contributed by atoms with Gasteiger partial charge in [-0.3, -0.25) is 0 Å². The van der Waals surface area contributed by atoms with E-state index in [0.717, 1.165) is 5.75 Å². The molecule has 0 atom stereocenters. The Labute approximate surface area is 82.2 Å². The summed E-state index contributed by atoms with van der Waals surface area (Å²) in [6.07, 6.45) is 2.16. The van der Waals surface area contributed by atoms with Gasteiger partial charge in [0.15, 0.2) is 0 Å². The lowest BCUT2D eigenvalue weighted by Gasteiger charge is -2.04. The minimum absolute atomic E-state index is 1.15. The summed E-state index contributed by atoms with van der Waals surface area (Å²) >= 11 is 1.89. The minimum atomic E-state index is 1.15. The standard InChI is InChI=1S/C10H16SSi/c1-8-3-9(6-11-2)5-10(4-8)7-12/h3-5H,6-7H2,1-2,12H3. The highest BCUT2D eigenvalue weighted by atomic mass is 32.2. The molecule has 1 aromatic carbocycles. The fourth-order valence-electron chi connectivity index (χ4n) is 1.40. The van der Waals surface area contributed by atoms with E-state index in [2.05, 4.69) is 31.4 Å². The molecule has 1 rings (SSSR count). The molecule has 0 aliphatic heterocycles. The van der Waals surface area contributed by atoms with Crippen LogP contribution in [-0.4, -0.2) is 16.5 Å². The predicted molar refractivity (Wildman–Crippen MR) is 62.0 cm³/mol. The summed E-state index contributed by atoms with van der Waals surface area (Å²) in [6.45, 7) is 2.19. The first-order valence-corrected chi connectivity index (χ1v) is 7.15. The third kappa shape index (κ3) is 2.68. The van der Waals surface area contributed by atoms with E-state index in [1.807, 2.05) is 11.8 Å². The lowest BCUT2D eigenvalue weighted by Crippen LogP contribution is -1.89. The second-order valence-electron chi connectivity index (χ2n) is 3.11. The summed E-state index contributed by atoms with van der Waals surface area (Å²) in [6, 6.07) is 8.22. The lowest BCUT2D eigenvalue weighted by atomic mass is 10.1. The van der Waals surface area contributed by atoms with Crippen LogP contribution in [0.15, 0.2) is 18.2 Å². The highest BCUT2D eigenvalue weighted by Crippen LogP contribution is 2.14. The minimum Gasteiger partial charge on any atom is -0.161 e. The molecular weight excluding hydrogens is 180 g/mol. The van der Waals surface area contributed by atoms with E-state index in [1.54, 1.807) is 0 Å². The van der Waals surface area contributed by atoms with Gasteiger partial charge in [0, 0.05) is 16.0 Å². The molecular formula is C10H16SSi. The van der Waals surface area contributed by atoms with Crippen molar-refractivity contribution in [3.8, 4) is 0 Å². The number of hydrogen-bond donors (Lipinski definition) is 0. The van der Waals surface area contributed by atoms with E-state index >= 15 is 0 Å². The van der Waals surface area contributed by atoms with Gasteiger partial charge >= 0.3 is 0 Å². The maximum Gasteiger partial charge on any atom is 0.0181 e. The van der Waals surface area contributed by atoms with Gasteiger partial charge in [-0.25, -0.2) is 0 Å². The Morgan fingerprint density at radius 3 is 2.50 bits per heavy atom. The van der Waals surface area contributed by atoms with Crippen molar-refractivity contribution < 1.29 is 0 Å². The molecule has 0 unspecified atom stereocenters. The Morgan fingerprint density at radius 2 is 1.92 bits per heavy atom. The molecule has 0 aliphatic rings. The van der Waals surface area contributed by atoms with Crippen molar-refractivity contribution in [2.75, 3.05) is 6.26 Å². The van der Waals surface area contributed by atoms with Crippen LogP contribution >= 0.6 is 11.8 Å². The first kappa shape index (κ1) is 9.87. The normalized spacial score (nSPS) is 10.5. The molecule has 0 nitrogen and oxygen atoms in total. The molecule has 0 heterocycles. The van der Waals surface area contributed by atoms with E-state index in [-0.39, 0.29) is 0 Å². The Hall–Kier alpha value is -0.213. The zero-order valence-electron chi connectivity index (χ0n) is 8.05. The molecule has 66 valence electrons. The molecule has 0 radical (unpaired) electrons. The van der Waals surface area contributed by atoms with Crippen LogP contribution in [-0.2, 0) is 11.8 Å². The van der Waals surface area contributed by atoms with Crippen LogP contribution in [0.1, 0.15) is 16.7 Å². The molecule has 0 saturated carbocycles. The molecule has 1 aromatic rings. The predicted octanol–water partition coefficient (Wildman–Crippen LogP) is 1.72. The average Bonchev–Trinajstić information content (AvgIpc) is 2.04. The van der Waals surface area contributed by atoms with Crippen LogP contribution in [0.25, 0.3) is 0 Å². The Kier molecular flexibility index (Phi) is 3.89. The van der Waals surface area contributed by atoms with Crippen LogP contribution in [0.4, 0.5) is 0 Å². The van der Waals surface area contributed by atoms with Crippen molar-refractivity contribution in [2.45, 2.75) is 18.7 Å². The van der Waals surface area contributed by atoms with Crippen LogP contribution in [0.5, 0.6) is 0 Å². The largest absolute Gasteiger partial charge is 0.161 e.